The second-order valence-corrected chi connectivity index (χ2v) is 6.90. The smallest absolute Gasteiger partial charge is 0.237 e. The molecular formula is C21H23N3O. The maximum atomic E-state index is 11.4. The van der Waals surface area contributed by atoms with Gasteiger partial charge in [-0.2, -0.15) is 0 Å². The molecule has 2 heterocycles. The summed E-state index contributed by atoms with van der Waals surface area (Å²) in [7, 11) is 0. The number of nitrogens with two attached hydrogens (primary N) is 1. The first kappa shape index (κ1) is 15.9. The van der Waals surface area contributed by atoms with Crippen LogP contribution in [0.15, 0.2) is 60.8 Å². The average Bonchev–Trinajstić information content (AvgIpc) is 3.22. The van der Waals surface area contributed by atoms with Gasteiger partial charge in [-0.05, 0) is 36.1 Å². The fourth-order valence-electron chi connectivity index (χ4n) is 3.96. The molecule has 1 unspecified atom stereocenters. The molecule has 25 heavy (non-hydrogen) atoms. The van der Waals surface area contributed by atoms with Crippen LogP contribution in [0, 0.1) is 0 Å². The van der Waals surface area contributed by atoms with Crippen molar-refractivity contribution in [2.75, 3.05) is 13.1 Å². The van der Waals surface area contributed by atoms with Crippen LogP contribution in [0.3, 0.4) is 0 Å². The number of para-hydroxylation sites is 1. The number of fused-ring (bicyclic) bond motifs is 1. The zero-order valence-corrected chi connectivity index (χ0v) is 14.3. The summed E-state index contributed by atoms with van der Waals surface area (Å²) >= 11 is 0. The number of carbonyl (C=O) groups is 1. The van der Waals surface area contributed by atoms with Gasteiger partial charge in [0.15, 0.2) is 0 Å². The van der Waals surface area contributed by atoms with E-state index in [4.69, 9.17) is 5.73 Å². The van der Waals surface area contributed by atoms with Crippen molar-refractivity contribution in [1.29, 1.82) is 0 Å². The molecule has 0 radical (unpaired) electrons. The highest BCUT2D eigenvalue weighted by Gasteiger charge is 2.24. The Balaban J connectivity index is 1.54. The van der Waals surface area contributed by atoms with Crippen molar-refractivity contribution in [2.45, 2.75) is 25.4 Å². The molecule has 1 amide bonds. The Morgan fingerprint density at radius 2 is 1.84 bits per heavy atom. The van der Waals surface area contributed by atoms with E-state index in [-0.39, 0.29) is 12.5 Å². The van der Waals surface area contributed by atoms with Crippen LogP contribution in [0.4, 0.5) is 0 Å². The number of nitrogens with zero attached hydrogens (tertiary/aromatic N) is 2. The molecule has 4 rings (SSSR count). The molecule has 1 saturated heterocycles. The van der Waals surface area contributed by atoms with Gasteiger partial charge in [-0.25, -0.2) is 0 Å². The fourth-order valence-corrected chi connectivity index (χ4v) is 3.96. The molecule has 0 saturated carbocycles. The van der Waals surface area contributed by atoms with Gasteiger partial charge >= 0.3 is 0 Å². The normalized spacial score (nSPS) is 18.0. The lowest BCUT2D eigenvalue weighted by Crippen LogP contribution is -2.20. The van der Waals surface area contributed by atoms with E-state index in [1.807, 2.05) is 10.6 Å². The Kier molecular flexibility index (Phi) is 4.28. The van der Waals surface area contributed by atoms with Crippen molar-refractivity contribution in [1.82, 2.24) is 9.47 Å². The Morgan fingerprint density at radius 3 is 2.64 bits per heavy atom. The maximum absolute atomic E-state index is 11.4. The van der Waals surface area contributed by atoms with E-state index in [1.165, 1.54) is 22.9 Å². The Bertz CT molecular complexity index is 885. The van der Waals surface area contributed by atoms with E-state index in [9.17, 15) is 4.79 Å². The van der Waals surface area contributed by atoms with Gasteiger partial charge in [0.1, 0.15) is 6.54 Å². The Morgan fingerprint density at radius 1 is 1.08 bits per heavy atom. The summed E-state index contributed by atoms with van der Waals surface area (Å²) in [4.78, 5) is 13.9. The zero-order valence-electron chi connectivity index (χ0n) is 14.3. The van der Waals surface area contributed by atoms with Gasteiger partial charge in [0, 0.05) is 30.2 Å². The van der Waals surface area contributed by atoms with Gasteiger partial charge in [0.2, 0.25) is 5.91 Å². The topological polar surface area (TPSA) is 51.3 Å². The molecule has 0 aliphatic carbocycles. The van der Waals surface area contributed by atoms with Crippen LogP contribution in [0.25, 0.3) is 10.9 Å². The number of amides is 1. The fraction of sp³-hybridized carbons (Fsp3) is 0.286. The second-order valence-electron chi connectivity index (χ2n) is 6.90. The van der Waals surface area contributed by atoms with Crippen LogP contribution in [-0.4, -0.2) is 28.5 Å². The van der Waals surface area contributed by atoms with Crippen molar-refractivity contribution >= 4 is 16.8 Å². The van der Waals surface area contributed by atoms with E-state index in [0.717, 1.165) is 25.2 Å². The molecular weight excluding hydrogens is 310 g/mol. The van der Waals surface area contributed by atoms with Gasteiger partial charge in [-0.3, -0.25) is 9.69 Å². The number of benzene rings is 2. The minimum Gasteiger partial charge on any atom is -0.368 e. The number of rotatable bonds is 5. The number of aromatic nitrogens is 1. The molecule has 1 aliphatic rings. The summed E-state index contributed by atoms with van der Waals surface area (Å²) in [5.74, 6) is 0.304. The molecule has 2 N–H and O–H groups in total. The molecule has 128 valence electrons. The highest BCUT2D eigenvalue weighted by Crippen LogP contribution is 2.30. The highest BCUT2D eigenvalue weighted by atomic mass is 16.1. The van der Waals surface area contributed by atoms with Crippen molar-refractivity contribution in [3.63, 3.8) is 0 Å². The predicted molar refractivity (Wildman–Crippen MR) is 100 cm³/mol. The first-order valence-corrected chi connectivity index (χ1v) is 8.83. The van der Waals surface area contributed by atoms with Crippen molar-refractivity contribution in [2.24, 2.45) is 5.73 Å². The van der Waals surface area contributed by atoms with Gasteiger partial charge in [-0.15, -0.1) is 0 Å². The molecule has 2 aromatic carbocycles. The number of hydrogen-bond acceptors (Lipinski definition) is 2. The zero-order chi connectivity index (χ0) is 17.2. The summed E-state index contributed by atoms with van der Waals surface area (Å²) in [6, 6.07) is 19.0. The molecule has 3 aromatic rings. The first-order chi connectivity index (χ1) is 12.2. The molecule has 4 heteroatoms. The SMILES string of the molecule is NC(=O)Cn1cc(CN2CCC(c3ccccc3)C2)c2ccccc21. The summed E-state index contributed by atoms with van der Waals surface area (Å²) in [5, 5.41) is 1.21. The standard InChI is InChI=1S/C21H23N3O/c22-21(25)15-24-14-18(19-8-4-5-9-20(19)24)13-23-11-10-17(12-23)16-6-2-1-3-7-16/h1-9,14,17H,10-13,15H2,(H2,22,25). The molecule has 1 aromatic heterocycles. The summed E-state index contributed by atoms with van der Waals surface area (Å²) < 4.78 is 1.97. The molecule has 0 spiro atoms. The van der Waals surface area contributed by atoms with E-state index < -0.39 is 0 Å². The van der Waals surface area contributed by atoms with Crippen molar-refractivity contribution < 1.29 is 4.79 Å². The number of carbonyl (C=O) groups excluding carboxylic acids is 1. The van der Waals surface area contributed by atoms with Crippen LogP contribution in [0.2, 0.25) is 0 Å². The minimum absolute atomic E-state index is 0.229. The van der Waals surface area contributed by atoms with Gasteiger partial charge in [0.25, 0.3) is 0 Å². The van der Waals surface area contributed by atoms with E-state index in [0.29, 0.717) is 5.92 Å². The summed E-state index contributed by atoms with van der Waals surface area (Å²) in [5.41, 5.74) is 9.18. The second kappa shape index (κ2) is 6.73. The van der Waals surface area contributed by atoms with E-state index >= 15 is 0 Å². The number of hydrogen-bond donors (Lipinski definition) is 1. The van der Waals surface area contributed by atoms with Gasteiger partial charge < -0.3 is 10.3 Å². The van der Waals surface area contributed by atoms with Gasteiger partial charge in [-0.1, -0.05) is 48.5 Å². The number of primary amides is 1. The molecule has 0 bridgehead atoms. The monoisotopic (exact) mass is 333 g/mol. The molecule has 1 aliphatic heterocycles. The maximum Gasteiger partial charge on any atom is 0.237 e. The summed E-state index contributed by atoms with van der Waals surface area (Å²) in [6.45, 7) is 3.33. The quantitative estimate of drug-likeness (QED) is 0.780. The third-order valence-corrected chi connectivity index (χ3v) is 5.13. The predicted octanol–water partition coefficient (Wildman–Crippen LogP) is 3.12. The van der Waals surface area contributed by atoms with Crippen LogP contribution in [0.1, 0.15) is 23.5 Å². The highest BCUT2D eigenvalue weighted by molar-refractivity contribution is 5.85. The summed E-state index contributed by atoms with van der Waals surface area (Å²) in [6.07, 6.45) is 3.29. The number of likely N-dealkylation sites (tertiary alicyclic amines) is 1. The molecule has 1 atom stereocenters. The van der Waals surface area contributed by atoms with Crippen LogP contribution in [-0.2, 0) is 17.9 Å². The molecule has 4 nitrogen and oxygen atoms in total. The Hall–Kier alpha value is -2.59. The largest absolute Gasteiger partial charge is 0.368 e. The lowest BCUT2D eigenvalue weighted by molar-refractivity contribution is -0.118. The molecule has 1 fully saturated rings. The lowest BCUT2D eigenvalue weighted by Gasteiger charge is -2.16. The van der Waals surface area contributed by atoms with Crippen LogP contribution < -0.4 is 5.73 Å². The Labute approximate surface area is 147 Å². The van der Waals surface area contributed by atoms with E-state index in [1.54, 1.807) is 0 Å². The van der Waals surface area contributed by atoms with Crippen LogP contribution >= 0.6 is 0 Å². The average molecular weight is 333 g/mol. The third kappa shape index (κ3) is 3.30. The van der Waals surface area contributed by atoms with Crippen molar-refractivity contribution in [3.05, 3.63) is 71.9 Å². The minimum atomic E-state index is -0.308. The lowest BCUT2D eigenvalue weighted by atomic mass is 9.99. The first-order valence-electron chi connectivity index (χ1n) is 8.83. The van der Waals surface area contributed by atoms with Gasteiger partial charge in [0.05, 0.1) is 0 Å². The van der Waals surface area contributed by atoms with E-state index in [2.05, 4.69) is 59.6 Å². The third-order valence-electron chi connectivity index (χ3n) is 5.13. The van der Waals surface area contributed by atoms with Crippen molar-refractivity contribution in [3.8, 4) is 0 Å². The van der Waals surface area contributed by atoms with Crippen LogP contribution in [0.5, 0.6) is 0 Å².